The second kappa shape index (κ2) is 9.74. The van der Waals surface area contributed by atoms with E-state index < -0.39 is 23.1 Å². The number of likely N-dealkylation sites (tertiary alicyclic amines) is 1. The van der Waals surface area contributed by atoms with Gasteiger partial charge in [0.1, 0.15) is 11.6 Å². The van der Waals surface area contributed by atoms with Gasteiger partial charge in [-0.3, -0.25) is 4.79 Å². The number of carbonyl (C=O) groups excluding carboxylic acids is 1. The van der Waals surface area contributed by atoms with Crippen molar-refractivity contribution in [1.29, 1.82) is 5.26 Å². The van der Waals surface area contributed by atoms with Gasteiger partial charge < -0.3 is 19.6 Å². The summed E-state index contributed by atoms with van der Waals surface area (Å²) in [6, 6.07) is 10.7. The maximum Gasteiger partial charge on any atom is 0.417 e. The number of carbonyl (C=O) groups is 1. The van der Waals surface area contributed by atoms with Gasteiger partial charge in [-0.05, 0) is 60.7 Å². The van der Waals surface area contributed by atoms with E-state index in [1.165, 1.54) is 36.4 Å². The molecule has 1 unspecified atom stereocenters. The number of rotatable bonds is 5. The summed E-state index contributed by atoms with van der Waals surface area (Å²) in [5.41, 5.74) is -1.31. The summed E-state index contributed by atoms with van der Waals surface area (Å²) >= 11 is 0. The maximum absolute atomic E-state index is 13.4. The van der Waals surface area contributed by atoms with Gasteiger partial charge in [-0.2, -0.15) is 18.4 Å². The van der Waals surface area contributed by atoms with Crippen LogP contribution in [0.5, 0.6) is 5.75 Å². The van der Waals surface area contributed by atoms with Crippen LogP contribution in [0.4, 0.5) is 23.2 Å². The number of ether oxygens (including phenoxy) is 1. The van der Waals surface area contributed by atoms with Crippen LogP contribution in [0.2, 0.25) is 0 Å². The molecule has 1 atom stereocenters. The van der Waals surface area contributed by atoms with Crippen molar-refractivity contribution >= 4 is 11.6 Å². The Labute approximate surface area is 200 Å². The highest BCUT2D eigenvalue weighted by Gasteiger charge is 2.49. The zero-order valence-corrected chi connectivity index (χ0v) is 18.9. The Hall–Kier alpha value is -3.32. The van der Waals surface area contributed by atoms with Crippen LogP contribution < -0.4 is 9.64 Å². The van der Waals surface area contributed by atoms with E-state index in [-0.39, 0.29) is 30.5 Å². The maximum atomic E-state index is 13.4. The van der Waals surface area contributed by atoms with Crippen LogP contribution in [-0.4, -0.2) is 55.3 Å². The number of halogens is 4. The second-order valence-corrected chi connectivity index (χ2v) is 9.09. The zero-order chi connectivity index (χ0) is 25.2. The monoisotopic (exact) mass is 491 g/mol. The fraction of sp³-hybridized carbons (Fsp3) is 0.440. The van der Waals surface area contributed by atoms with Crippen LogP contribution in [0.3, 0.4) is 0 Å². The Morgan fingerprint density at radius 1 is 1.17 bits per heavy atom. The third-order valence-electron chi connectivity index (χ3n) is 7.11. The number of anilines is 1. The van der Waals surface area contributed by atoms with Gasteiger partial charge in [0, 0.05) is 44.4 Å². The topological polar surface area (TPSA) is 76.8 Å². The highest BCUT2D eigenvalue weighted by atomic mass is 19.4. The third-order valence-corrected chi connectivity index (χ3v) is 7.11. The molecule has 0 bridgehead atoms. The molecule has 0 radical (unpaired) electrons. The molecule has 1 spiro atoms. The zero-order valence-electron chi connectivity index (χ0n) is 18.9. The van der Waals surface area contributed by atoms with Crippen molar-refractivity contribution in [3.05, 3.63) is 59.4 Å². The van der Waals surface area contributed by atoms with Gasteiger partial charge in [0.05, 0.1) is 17.2 Å². The van der Waals surface area contributed by atoms with E-state index in [4.69, 9.17) is 10.00 Å². The van der Waals surface area contributed by atoms with Gasteiger partial charge >= 0.3 is 6.18 Å². The largest absolute Gasteiger partial charge is 0.484 e. The van der Waals surface area contributed by atoms with E-state index in [9.17, 15) is 27.5 Å². The predicted molar refractivity (Wildman–Crippen MR) is 119 cm³/mol. The Balaban J connectivity index is 1.41. The number of amides is 1. The highest BCUT2D eigenvalue weighted by Crippen LogP contribution is 2.45. The molecule has 186 valence electrons. The predicted octanol–water partition coefficient (Wildman–Crippen LogP) is 3.83. The van der Waals surface area contributed by atoms with Gasteiger partial charge in [0.15, 0.2) is 6.61 Å². The molecule has 0 aliphatic carbocycles. The molecule has 2 saturated heterocycles. The molecule has 1 N–H and O–H groups in total. The van der Waals surface area contributed by atoms with Crippen LogP contribution >= 0.6 is 0 Å². The van der Waals surface area contributed by atoms with Crippen LogP contribution in [0, 0.1) is 28.5 Å². The molecule has 2 aliphatic rings. The first-order chi connectivity index (χ1) is 16.6. The molecule has 2 aromatic carbocycles. The van der Waals surface area contributed by atoms with E-state index in [2.05, 4.69) is 0 Å². The van der Waals surface area contributed by atoms with E-state index in [1.807, 2.05) is 4.90 Å². The number of hydrogen-bond donors (Lipinski definition) is 1. The summed E-state index contributed by atoms with van der Waals surface area (Å²) in [6.07, 6.45) is -3.42. The van der Waals surface area contributed by atoms with Crippen LogP contribution in [0.15, 0.2) is 42.5 Å². The van der Waals surface area contributed by atoms with E-state index in [1.54, 1.807) is 11.0 Å². The van der Waals surface area contributed by atoms with Gasteiger partial charge in [0.2, 0.25) is 0 Å². The Kier molecular flexibility index (Phi) is 6.90. The van der Waals surface area contributed by atoms with Crippen LogP contribution in [-0.2, 0) is 11.0 Å². The molecule has 2 heterocycles. The average Bonchev–Trinajstić information content (AvgIpc) is 3.21. The molecule has 2 aliphatic heterocycles. The van der Waals surface area contributed by atoms with Crippen molar-refractivity contribution in [3.8, 4) is 11.8 Å². The number of nitriles is 1. The lowest BCUT2D eigenvalue weighted by Crippen LogP contribution is -2.45. The number of piperidine rings is 1. The number of aliphatic hydroxyl groups is 1. The number of nitrogens with zero attached hydrogens (tertiary/aromatic N) is 3. The van der Waals surface area contributed by atoms with Crippen molar-refractivity contribution in [3.63, 3.8) is 0 Å². The van der Waals surface area contributed by atoms with Crippen molar-refractivity contribution in [2.75, 3.05) is 44.3 Å². The van der Waals surface area contributed by atoms with Crippen LogP contribution in [0.25, 0.3) is 0 Å². The lowest BCUT2D eigenvalue weighted by molar-refractivity contribution is -0.137. The molecular formula is C25H25F4N3O3. The van der Waals surface area contributed by atoms with E-state index in [0.717, 1.165) is 6.07 Å². The second-order valence-electron chi connectivity index (χ2n) is 9.09. The Morgan fingerprint density at radius 3 is 2.46 bits per heavy atom. The normalized spacial score (nSPS) is 19.6. The molecule has 6 nitrogen and oxygen atoms in total. The Bertz CT molecular complexity index is 1110. The molecule has 0 saturated carbocycles. The van der Waals surface area contributed by atoms with Crippen molar-refractivity contribution in [2.45, 2.75) is 19.0 Å². The van der Waals surface area contributed by atoms with E-state index >= 15 is 0 Å². The van der Waals surface area contributed by atoms with Crippen molar-refractivity contribution in [2.24, 2.45) is 11.3 Å². The summed E-state index contributed by atoms with van der Waals surface area (Å²) in [6.45, 7) is 1.42. The van der Waals surface area contributed by atoms with Gasteiger partial charge in [-0.25, -0.2) is 4.39 Å². The third kappa shape index (κ3) is 5.20. The first-order valence-electron chi connectivity index (χ1n) is 11.3. The molecule has 0 aromatic heterocycles. The molecular weight excluding hydrogens is 466 g/mol. The SMILES string of the molecule is N#Cc1ccc(N2CCC3(CC2)CN(C(=O)COc2ccc(F)cc2)CC3CO)cc1C(F)(F)F. The number of aliphatic hydroxyl groups excluding tert-OH is 1. The summed E-state index contributed by atoms with van der Waals surface area (Å²) in [5.74, 6) is -0.417. The van der Waals surface area contributed by atoms with Crippen molar-refractivity contribution < 1.29 is 32.2 Å². The number of alkyl halides is 3. The minimum absolute atomic E-state index is 0.0995. The quantitative estimate of drug-likeness (QED) is 0.644. The summed E-state index contributed by atoms with van der Waals surface area (Å²) in [7, 11) is 0. The fourth-order valence-corrected chi connectivity index (χ4v) is 5.08. The Morgan fingerprint density at radius 2 is 1.86 bits per heavy atom. The van der Waals surface area contributed by atoms with Gasteiger partial charge in [-0.15, -0.1) is 0 Å². The molecule has 35 heavy (non-hydrogen) atoms. The van der Waals surface area contributed by atoms with Gasteiger partial charge in [0.25, 0.3) is 5.91 Å². The average molecular weight is 491 g/mol. The fourth-order valence-electron chi connectivity index (χ4n) is 5.08. The molecule has 2 fully saturated rings. The smallest absolute Gasteiger partial charge is 0.417 e. The van der Waals surface area contributed by atoms with Gasteiger partial charge in [-0.1, -0.05) is 0 Å². The molecule has 4 rings (SSSR count). The minimum atomic E-state index is -4.62. The standard InChI is InChI=1S/C25H25F4N3O3/c26-19-2-5-21(6-3-19)35-15-23(34)32-13-18(14-33)24(16-32)7-9-31(10-8-24)20-4-1-17(12-30)22(11-20)25(27,28)29/h1-6,11,18,33H,7-10,13-16H2. The lowest BCUT2D eigenvalue weighted by atomic mass is 9.71. The van der Waals surface area contributed by atoms with E-state index in [0.29, 0.717) is 50.5 Å². The highest BCUT2D eigenvalue weighted by molar-refractivity contribution is 5.78. The minimum Gasteiger partial charge on any atom is -0.484 e. The molecule has 10 heteroatoms. The summed E-state index contributed by atoms with van der Waals surface area (Å²) in [5, 5.41) is 19.0. The van der Waals surface area contributed by atoms with Crippen molar-refractivity contribution in [1.82, 2.24) is 4.90 Å². The number of benzene rings is 2. The number of hydrogen-bond acceptors (Lipinski definition) is 5. The summed E-state index contributed by atoms with van der Waals surface area (Å²) < 4.78 is 58.6. The first kappa shape index (κ1) is 24.8. The van der Waals surface area contributed by atoms with Crippen LogP contribution in [0.1, 0.15) is 24.0 Å². The molecule has 2 aromatic rings. The lowest BCUT2D eigenvalue weighted by Gasteiger charge is -2.43. The first-order valence-corrected chi connectivity index (χ1v) is 11.3. The molecule has 1 amide bonds. The summed E-state index contributed by atoms with van der Waals surface area (Å²) in [4.78, 5) is 16.3.